The van der Waals surface area contributed by atoms with Gasteiger partial charge in [0.15, 0.2) is 0 Å². The van der Waals surface area contributed by atoms with Crippen LogP contribution in [0.5, 0.6) is 0 Å². The second-order valence-corrected chi connectivity index (χ2v) is 1.54. The first-order valence-electron chi connectivity index (χ1n) is 2.78. The molecule has 0 aromatic rings. The number of hydrogen-bond donors (Lipinski definition) is 1. The Bertz CT molecular complexity index is 153. The summed E-state index contributed by atoms with van der Waals surface area (Å²) in [6.07, 6.45) is 0.980. The summed E-state index contributed by atoms with van der Waals surface area (Å²) in [5.41, 5.74) is 5.01. The Morgan fingerprint density at radius 1 is 1.60 bits per heavy atom. The second-order valence-electron chi connectivity index (χ2n) is 1.54. The zero-order chi connectivity index (χ0) is 7.98. The third-order valence-corrected chi connectivity index (χ3v) is 0.730. The maximum absolute atomic E-state index is 10.4. The molecule has 0 aromatic carbocycles. The smallest absolute Gasteiger partial charge is 0.337 e. The van der Waals surface area contributed by atoms with Gasteiger partial charge in [-0.2, -0.15) is 0 Å². The van der Waals surface area contributed by atoms with Gasteiger partial charge in [0, 0.05) is 12.6 Å². The number of carbonyl (C=O) groups is 2. The molecule has 0 radical (unpaired) electrons. The van der Waals surface area contributed by atoms with Crippen molar-refractivity contribution >= 4 is 11.9 Å². The highest BCUT2D eigenvalue weighted by Crippen LogP contribution is 1.85. The van der Waals surface area contributed by atoms with Crippen LogP contribution in [0.15, 0.2) is 12.7 Å². The molecular formula is C6H9NO3. The quantitative estimate of drug-likeness (QED) is 0.331. The summed E-state index contributed by atoms with van der Waals surface area (Å²) in [6.45, 7) is 3.30. The van der Waals surface area contributed by atoms with Gasteiger partial charge in [0.05, 0.1) is 6.42 Å². The van der Waals surface area contributed by atoms with Gasteiger partial charge in [-0.05, 0) is 0 Å². The number of nitrogens with two attached hydrogens (primary N) is 1. The Kier molecular flexibility index (Phi) is 4.15. The largest absolute Gasteiger partial charge is 0.390 e. The summed E-state index contributed by atoms with van der Waals surface area (Å²) in [7, 11) is 0. The minimum Gasteiger partial charge on any atom is -0.390 e. The zero-order valence-electron chi connectivity index (χ0n) is 5.50. The van der Waals surface area contributed by atoms with Gasteiger partial charge < -0.3 is 10.5 Å². The molecule has 2 N–H and O–H groups in total. The molecule has 0 atom stereocenters. The van der Waals surface area contributed by atoms with Crippen LogP contribution in [0.25, 0.3) is 0 Å². The van der Waals surface area contributed by atoms with Gasteiger partial charge in [-0.3, -0.25) is 4.79 Å². The highest BCUT2D eigenvalue weighted by Gasteiger charge is 2.04. The van der Waals surface area contributed by atoms with E-state index in [2.05, 4.69) is 11.3 Å². The molecule has 10 heavy (non-hydrogen) atoms. The molecule has 0 saturated carbocycles. The number of esters is 2. The van der Waals surface area contributed by atoms with Gasteiger partial charge in [0.1, 0.15) is 0 Å². The number of carbonyl (C=O) groups excluding carboxylic acids is 2. The average Bonchev–Trinajstić information content (AvgIpc) is 1.88. The van der Waals surface area contributed by atoms with Crippen LogP contribution in [0.3, 0.4) is 0 Å². The molecule has 0 spiro atoms. The lowest BCUT2D eigenvalue weighted by Crippen LogP contribution is -2.14. The van der Waals surface area contributed by atoms with Crippen LogP contribution in [0, 0.1) is 0 Å². The molecule has 0 heterocycles. The highest BCUT2D eigenvalue weighted by molar-refractivity contribution is 5.91. The fraction of sp³-hybridized carbons (Fsp3) is 0.333. The Labute approximate surface area is 58.7 Å². The van der Waals surface area contributed by atoms with E-state index in [1.54, 1.807) is 0 Å². The fourth-order valence-electron chi connectivity index (χ4n) is 0.323. The minimum atomic E-state index is -0.738. The van der Waals surface area contributed by atoms with E-state index >= 15 is 0 Å². The van der Waals surface area contributed by atoms with E-state index in [1.165, 1.54) is 0 Å². The normalized spacial score (nSPS) is 8.50. The zero-order valence-corrected chi connectivity index (χ0v) is 5.50. The van der Waals surface area contributed by atoms with Crippen molar-refractivity contribution in [3.8, 4) is 0 Å². The third-order valence-electron chi connectivity index (χ3n) is 0.730. The predicted octanol–water partition coefficient (Wildman–Crippen LogP) is -0.409. The van der Waals surface area contributed by atoms with E-state index in [-0.39, 0.29) is 13.0 Å². The van der Waals surface area contributed by atoms with Crippen molar-refractivity contribution in [1.82, 2.24) is 0 Å². The summed E-state index contributed by atoms with van der Waals surface area (Å²) in [5, 5.41) is 0. The van der Waals surface area contributed by atoms with Crippen molar-refractivity contribution in [2.45, 2.75) is 6.42 Å². The second kappa shape index (κ2) is 4.69. The van der Waals surface area contributed by atoms with Crippen LogP contribution < -0.4 is 5.73 Å². The van der Waals surface area contributed by atoms with Crippen molar-refractivity contribution in [3.63, 3.8) is 0 Å². The van der Waals surface area contributed by atoms with Gasteiger partial charge in [-0.15, -0.1) is 0 Å². The summed E-state index contributed by atoms with van der Waals surface area (Å²) in [6, 6.07) is 0. The molecular weight excluding hydrogens is 134 g/mol. The Morgan fingerprint density at radius 2 is 2.20 bits per heavy atom. The van der Waals surface area contributed by atoms with E-state index in [0.717, 1.165) is 6.08 Å². The number of hydrogen-bond acceptors (Lipinski definition) is 4. The molecule has 0 bridgehead atoms. The SMILES string of the molecule is C=CC(=O)OC(=O)CCN. The topological polar surface area (TPSA) is 69.4 Å². The van der Waals surface area contributed by atoms with Crippen molar-refractivity contribution in [3.05, 3.63) is 12.7 Å². The average molecular weight is 143 g/mol. The van der Waals surface area contributed by atoms with E-state index in [4.69, 9.17) is 5.73 Å². The lowest BCUT2D eigenvalue weighted by molar-refractivity contribution is -0.155. The van der Waals surface area contributed by atoms with Gasteiger partial charge in [0.2, 0.25) is 0 Å². The Hall–Kier alpha value is -1.16. The lowest BCUT2D eigenvalue weighted by Gasteiger charge is -1.95. The molecule has 4 nitrogen and oxygen atoms in total. The number of rotatable bonds is 3. The van der Waals surface area contributed by atoms with Crippen LogP contribution in [-0.4, -0.2) is 18.5 Å². The van der Waals surface area contributed by atoms with Crippen molar-refractivity contribution in [2.24, 2.45) is 5.73 Å². The molecule has 0 aliphatic rings. The number of ether oxygens (including phenoxy) is 1. The summed E-state index contributed by atoms with van der Waals surface area (Å²) >= 11 is 0. The molecule has 0 amide bonds. The lowest BCUT2D eigenvalue weighted by atomic mass is 10.4. The highest BCUT2D eigenvalue weighted by atomic mass is 16.6. The van der Waals surface area contributed by atoms with E-state index in [1.807, 2.05) is 0 Å². The van der Waals surface area contributed by atoms with Crippen molar-refractivity contribution < 1.29 is 14.3 Å². The molecule has 0 aromatic heterocycles. The van der Waals surface area contributed by atoms with Crippen molar-refractivity contribution in [2.75, 3.05) is 6.54 Å². The molecule has 0 aliphatic heterocycles. The first-order valence-corrected chi connectivity index (χ1v) is 2.78. The van der Waals surface area contributed by atoms with Crippen LogP contribution in [-0.2, 0) is 14.3 Å². The van der Waals surface area contributed by atoms with E-state index in [0.29, 0.717) is 0 Å². The van der Waals surface area contributed by atoms with Crippen LogP contribution in [0.2, 0.25) is 0 Å². The predicted molar refractivity (Wildman–Crippen MR) is 35.0 cm³/mol. The van der Waals surface area contributed by atoms with Gasteiger partial charge in [-0.1, -0.05) is 6.58 Å². The maximum Gasteiger partial charge on any atom is 0.337 e. The molecule has 0 saturated heterocycles. The van der Waals surface area contributed by atoms with Crippen LogP contribution >= 0.6 is 0 Å². The monoisotopic (exact) mass is 143 g/mol. The molecule has 56 valence electrons. The molecule has 0 aliphatic carbocycles. The third kappa shape index (κ3) is 3.80. The van der Waals surface area contributed by atoms with Gasteiger partial charge in [0.25, 0.3) is 0 Å². The maximum atomic E-state index is 10.4. The van der Waals surface area contributed by atoms with Gasteiger partial charge in [-0.25, -0.2) is 4.79 Å². The minimum absolute atomic E-state index is 0.0551. The molecule has 4 heteroatoms. The van der Waals surface area contributed by atoms with E-state index in [9.17, 15) is 9.59 Å². The fourth-order valence-corrected chi connectivity index (χ4v) is 0.323. The summed E-state index contributed by atoms with van der Waals surface area (Å²) in [5.74, 6) is -1.36. The summed E-state index contributed by atoms with van der Waals surface area (Å²) in [4.78, 5) is 20.7. The van der Waals surface area contributed by atoms with E-state index < -0.39 is 11.9 Å². The molecule has 0 fully saturated rings. The Balaban J connectivity index is 3.57. The first-order chi connectivity index (χ1) is 4.70. The van der Waals surface area contributed by atoms with Gasteiger partial charge >= 0.3 is 11.9 Å². The summed E-state index contributed by atoms with van der Waals surface area (Å²) < 4.78 is 4.16. The molecule has 0 rings (SSSR count). The molecule has 0 unspecified atom stereocenters. The van der Waals surface area contributed by atoms with Crippen LogP contribution in [0.4, 0.5) is 0 Å². The Morgan fingerprint density at radius 3 is 2.60 bits per heavy atom. The standard InChI is InChI=1S/C6H9NO3/c1-2-5(8)10-6(9)3-4-7/h2H,1,3-4,7H2. The first kappa shape index (κ1) is 8.84. The van der Waals surface area contributed by atoms with Crippen molar-refractivity contribution in [1.29, 1.82) is 0 Å². The van der Waals surface area contributed by atoms with Crippen LogP contribution in [0.1, 0.15) is 6.42 Å².